The maximum Gasteiger partial charge on any atom is 0.308 e. The second kappa shape index (κ2) is 10.6. The summed E-state index contributed by atoms with van der Waals surface area (Å²) in [5.74, 6) is 1.65. The van der Waals surface area contributed by atoms with Crippen molar-refractivity contribution in [1.82, 2.24) is 9.55 Å². The van der Waals surface area contributed by atoms with Gasteiger partial charge in [-0.1, -0.05) is 36.4 Å². The van der Waals surface area contributed by atoms with Crippen molar-refractivity contribution in [2.75, 3.05) is 25.1 Å². The Kier molecular flexibility index (Phi) is 6.98. The van der Waals surface area contributed by atoms with Gasteiger partial charge in [0, 0.05) is 35.8 Å². The molecule has 6 nitrogen and oxygen atoms in total. The van der Waals surface area contributed by atoms with Gasteiger partial charge >= 0.3 is 5.97 Å². The molecule has 0 fully saturated rings. The zero-order chi connectivity index (χ0) is 24.0. The lowest BCUT2D eigenvalue weighted by Crippen LogP contribution is -2.16. The molecule has 1 aliphatic rings. The summed E-state index contributed by atoms with van der Waals surface area (Å²) in [6.45, 7) is 3.77. The van der Waals surface area contributed by atoms with Crippen LogP contribution in [-0.4, -0.2) is 35.3 Å². The van der Waals surface area contributed by atoms with Gasteiger partial charge in [-0.05, 0) is 61.2 Å². The number of aryl methyl sites for hydroxylation is 1. The third kappa shape index (κ3) is 5.32. The lowest BCUT2D eigenvalue weighted by atomic mass is 10.0. The first-order chi connectivity index (χ1) is 17.2. The fourth-order valence-electron chi connectivity index (χ4n) is 4.71. The van der Waals surface area contributed by atoms with Crippen LogP contribution in [0, 0.1) is 0 Å². The zero-order valence-corrected chi connectivity index (χ0v) is 20.1. The summed E-state index contributed by atoms with van der Waals surface area (Å²) in [5.41, 5.74) is 4.46. The Labute approximate surface area is 205 Å². The van der Waals surface area contributed by atoms with Gasteiger partial charge in [0.05, 0.1) is 25.7 Å². The molecule has 0 aliphatic carbocycles. The molecule has 1 atom stereocenters. The molecule has 0 bridgehead atoms. The Balaban J connectivity index is 1.30. The third-order valence-electron chi connectivity index (χ3n) is 6.46. The molecule has 2 aromatic heterocycles. The van der Waals surface area contributed by atoms with Gasteiger partial charge in [-0.15, -0.1) is 0 Å². The molecular weight excluding hydrogens is 438 g/mol. The number of hydrogen-bond acceptors (Lipinski definition) is 5. The van der Waals surface area contributed by atoms with Gasteiger partial charge in [0.2, 0.25) is 0 Å². The SMILES string of the molecule is CCOC(=O)CC(c1ccccc1)n1ccc2cc(OCCc3ccc4c(n3)NCCC4)ccc21. The molecule has 35 heavy (non-hydrogen) atoms. The molecule has 2 aromatic carbocycles. The van der Waals surface area contributed by atoms with E-state index in [9.17, 15) is 4.79 Å². The molecule has 0 spiro atoms. The van der Waals surface area contributed by atoms with Crippen LogP contribution in [0.2, 0.25) is 0 Å². The molecule has 1 N–H and O–H groups in total. The fourth-order valence-corrected chi connectivity index (χ4v) is 4.71. The number of nitrogens with one attached hydrogen (secondary N) is 1. The Bertz CT molecular complexity index is 1300. The van der Waals surface area contributed by atoms with Crippen molar-refractivity contribution in [2.24, 2.45) is 0 Å². The Morgan fingerprint density at radius 2 is 2.00 bits per heavy atom. The standard InChI is InChI=1S/C29H31N3O3/c1-2-34-28(33)20-27(21-7-4-3-5-8-21)32-17-14-23-19-25(12-13-26(23)32)35-18-15-24-11-10-22-9-6-16-30-29(22)31-24/h3-5,7-8,10-14,17,19,27H,2,6,9,15-16,18,20H2,1H3,(H,30,31). The monoisotopic (exact) mass is 469 g/mol. The van der Waals surface area contributed by atoms with E-state index in [-0.39, 0.29) is 18.4 Å². The minimum atomic E-state index is -0.200. The number of nitrogens with zero attached hydrogens (tertiary/aromatic N) is 2. The van der Waals surface area contributed by atoms with Gasteiger partial charge in [0.25, 0.3) is 0 Å². The van der Waals surface area contributed by atoms with Crippen LogP contribution >= 0.6 is 0 Å². The lowest BCUT2D eigenvalue weighted by molar-refractivity contribution is -0.143. The maximum atomic E-state index is 12.4. The van der Waals surface area contributed by atoms with E-state index in [0.29, 0.717) is 13.2 Å². The molecule has 0 saturated heterocycles. The van der Waals surface area contributed by atoms with Crippen molar-refractivity contribution in [3.8, 4) is 5.75 Å². The topological polar surface area (TPSA) is 65.4 Å². The van der Waals surface area contributed by atoms with E-state index in [1.807, 2.05) is 37.4 Å². The second-order valence-electron chi connectivity index (χ2n) is 8.82. The average Bonchev–Trinajstić information content (AvgIpc) is 3.31. The molecule has 3 heterocycles. The zero-order valence-electron chi connectivity index (χ0n) is 20.1. The number of benzene rings is 2. The third-order valence-corrected chi connectivity index (χ3v) is 6.46. The van der Waals surface area contributed by atoms with Crippen LogP contribution < -0.4 is 10.1 Å². The number of carbonyl (C=O) groups excluding carboxylic acids is 1. The van der Waals surface area contributed by atoms with Crippen LogP contribution in [0.5, 0.6) is 5.75 Å². The number of rotatable bonds is 9. The normalized spacial score (nSPS) is 13.6. The van der Waals surface area contributed by atoms with E-state index in [1.54, 1.807) is 0 Å². The predicted octanol–water partition coefficient (Wildman–Crippen LogP) is 5.56. The summed E-state index contributed by atoms with van der Waals surface area (Å²) >= 11 is 0. The molecule has 0 radical (unpaired) electrons. The number of esters is 1. The first-order valence-corrected chi connectivity index (χ1v) is 12.4. The number of fused-ring (bicyclic) bond motifs is 2. The highest BCUT2D eigenvalue weighted by Gasteiger charge is 2.20. The second-order valence-corrected chi connectivity index (χ2v) is 8.82. The fraction of sp³-hybridized carbons (Fsp3) is 0.310. The van der Waals surface area contributed by atoms with Gasteiger partial charge in [-0.3, -0.25) is 4.79 Å². The smallest absolute Gasteiger partial charge is 0.308 e. The largest absolute Gasteiger partial charge is 0.493 e. The van der Waals surface area contributed by atoms with Crippen LogP contribution in [0.15, 0.2) is 72.9 Å². The molecule has 0 saturated carbocycles. The summed E-state index contributed by atoms with van der Waals surface area (Å²) in [6.07, 6.45) is 5.33. The highest BCUT2D eigenvalue weighted by molar-refractivity contribution is 5.82. The Hall–Kier alpha value is -3.80. The van der Waals surface area contributed by atoms with Gasteiger partial charge in [-0.2, -0.15) is 0 Å². The summed E-state index contributed by atoms with van der Waals surface area (Å²) in [7, 11) is 0. The van der Waals surface area contributed by atoms with E-state index >= 15 is 0 Å². The van der Waals surface area contributed by atoms with Crippen LogP contribution in [-0.2, 0) is 22.4 Å². The van der Waals surface area contributed by atoms with Crippen molar-refractivity contribution in [3.63, 3.8) is 0 Å². The minimum absolute atomic E-state index is 0.136. The van der Waals surface area contributed by atoms with Crippen molar-refractivity contribution in [1.29, 1.82) is 0 Å². The van der Waals surface area contributed by atoms with E-state index in [0.717, 1.165) is 59.5 Å². The van der Waals surface area contributed by atoms with E-state index in [4.69, 9.17) is 14.5 Å². The molecule has 4 aromatic rings. The van der Waals surface area contributed by atoms with Crippen molar-refractivity contribution in [2.45, 2.75) is 38.6 Å². The van der Waals surface area contributed by atoms with Crippen LogP contribution in [0.4, 0.5) is 5.82 Å². The van der Waals surface area contributed by atoms with Crippen molar-refractivity contribution >= 4 is 22.7 Å². The number of pyridine rings is 1. The van der Waals surface area contributed by atoms with Crippen LogP contribution in [0.25, 0.3) is 10.9 Å². The molecule has 1 aliphatic heterocycles. The van der Waals surface area contributed by atoms with E-state index in [1.165, 1.54) is 5.56 Å². The van der Waals surface area contributed by atoms with Crippen molar-refractivity contribution in [3.05, 3.63) is 89.7 Å². The lowest BCUT2D eigenvalue weighted by Gasteiger charge is -2.20. The molecular formula is C29H31N3O3. The quantitative estimate of drug-likeness (QED) is 0.325. The number of ether oxygens (including phenoxy) is 2. The minimum Gasteiger partial charge on any atom is -0.493 e. The average molecular weight is 470 g/mol. The highest BCUT2D eigenvalue weighted by Crippen LogP contribution is 2.30. The first-order valence-electron chi connectivity index (χ1n) is 12.4. The summed E-state index contributed by atoms with van der Waals surface area (Å²) in [6, 6.07) is 22.4. The van der Waals surface area contributed by atoms with Crippen LogP contribution in [0.1, 0.15) is 42.6 Å². The summed E-state index contributed by atoms with van der Waals surface area (Å²) in [4.78, 5) is 17.1. The number of anilines is 1. The first kappa shape index (κ1) is 23.0. The van der Waals surface area contributed by atoms with Gasteiger partial charge < -0.3 is 19.4 Å². The molecule has 180 valence electrons. The molecule has 1 unspecified atom stereocenters. The number of hydrogen-bond donors (Lipinski definition) is 1. The molecule has 6 heteroatoms. The molecule has 0 amide bonds. The van der Waals surface area contributed by atoms with Gasteiger partial charge in [-0.25, -0.2) is 4.98 Å². The Morgan fingerprint density at radius 1 is 1.11 bits per heavy atom. The van der Waals surface area contributed by atoms with Crippen molar-refractivity contribution < 1.29 is 14.3 Å². The number of aromatic nitrogens is 2. The Morgan fingerprint density at radius 3 is 2.86 bits per heavy atom. The van der Waals surface area contributed by atoms with E-state index in [2.05, 4.69) is 52.3 Å². The van der Waals surface area contributed by atoms with Gasteiger partial charge in [0.15, 0.2) is 0 Å². The van der Waals surface area contributed by atoms with E-state index < -0.39 is 0 Å². The summed E-state index contributed by atoms with van der Waals surface area (Å²) in [5, 5.41) is 4.46. The maximum absolute atomic E-state index is 12.4. The van der Waals surface area contributed by atoms with Gasteiger partial charge in [0.1, 0.15) is 11.6 Å². The highest BCUT2D eigenvalue weighted by atomic mass is 16.5. The predicted molar refractivity (Wildman–Crippen MR) is 138 cm³/mol. The molecule has 5 rings (SSSR count). The van der Waals surface area contributed by atoms with Crippen LogP contribution in [0.3, 0.4) is 0 Å². The number of carbonyl (C=O) groups is 1. The summed E-state index contributed by atoms with van der Waals surface area (Å²) < 4.78 is 13.5.